The maximum absolute atomic E-state index is 13.7. The molecule has 1 N–H and O–H groups in total. The third-order valence-corrected chi connectivity index (χ3v) is 7.36. The van der Waals surface area contributed by atoms with E-state index in [1.54, 1.807) is 55.5 Å². The Hall–Kier alpha value is -4.09. The van der Waals surface area contributed by atoms with Crippen LogP contribution in [0.2, 0.25) is 0 Å². The molecule has 0 aliphatic rings. The van der Waals surface area contributed by atoms with Crippen molar-refractivity contribution in [3.8, 4) is 23.0 Å². The third-order valence-electron chi connectivity index (χ3n) is 5.55. The second kappa shape index (κ2) is 12.9. The SMILES string of the molecule is COc1ccc(C)cc1S(=O)(=O)N(CC(=O)N/N=C/c1cc(OC)c(OC)c(OC)c1)Cc1ccccc1. The van der Waals surface area contributed by atoms with Crippen LogP contribution in [0.15, 0.2) is 70.7 Å². The van der Waals surface area contributed by atoms with Crippen LogP contribution in [-0.4, -0.2) is 59.8 Å². The minimum Gasteiger partial charge on any atom is -0.495 e. The van der Waals surface area contributed by atoms with Gasteiger partial charge in [0.1, 0.15) is 10.6 Å². The van der Waals surface area contributed by atoms with Gasteiger partial charge in [0.05, 0.1) is 41.2 Å². The number of rotatable bonds is 12. The number of hydrogen-bond donors (Lipinski definition) is 1. The fourth-order valence-corrected chi connectivity index (χ4v) is 5.31. The van der Waals surface area contributed by atoms with Gasteiger partial charge in [0.2, 0.25) is 15.8 Å². The summed E-state index contributed by atoms with van der Waals surface area (Å²) in [6, 6.07) is 17.2. The van der Waals surface area contributed by atoms with Crippen LogP contribution in [0, 0.1) is 6.92 Å². The van der Waals surface area contributed by atoms with E-state index in [0.717, 1.165) is 15.4 Å². The van der Waals surface area contributed by atoms with Crippen LogP contribution in [0.25, 0.3) is 0 Å². The first-order chi connectivity index (χ1) is 18.2. The summed E-state index contributed by atoms with van der Waals surface area (Å²) in [6.45, 7) is 1.29. The Kier molecular flexibility index (Phi) is 9.69. The molecule has 0 unspecified atom stereocenters. The predicted molar refractivity (Wildman–Crippen MR) is 144 cm³/mol. The van der Waals surface area contributed by atoms with Crippen molar-refractivity contribution in [3.63, 3.8) is 0 Å². The van der Waals surface area contributed by atoms with Crippen molar-refractivity contribution in [1.29, 1.82) is 0 Å². The van der Waals surface area contributed by atoms with Crippen LogP contribution in [0.3, 0.4) is 0 Å². The van der Waals surface area contributed by atoms with Crippen LogP contribution >= 0.6 is 0 Å². The number of amides is 1. The average Bonchev–Trinajstić information content (AvgIpc) is 2.92. The molecule has 10 nitrogen and oxygen atoms in total. The normalized spacial score (nSPS) is 11.4. The average molecular weight is 542 g/mol. The first-order valence-electron chi connectivity index (χ1n) is 11.5. The summed E-state index contributed by atoms with van der Waals surface area (Å²) in [5.41, 5.74) is 4.42. The predicted octanol–water partition coefficient (Wildman–Crippen LogP) is 3.37. The number of methoxy groups -OCH3 is 4. The van der Waals surface area contributed by atoms with Crippen molar-refractivity contribution in [2.45, 2.75) is 18.4 Å². The molecule has 1 amide bonds. The lowest BCUT2D eigenvalue weighted by molar-refractivity contribution is -0.121. The highest BCUT2D eigenvalue weighted by Gasteiger charge is 2.30. The fraction of sp³-hybridized carbons (Fsp3) is 0.259. The van der Waals surface area contributed by atoms with Gasteiger partial charge in [0.25, 0.3) is 5.91 Å². The lowest BCUT2D eigenvalue weighted by Gasteiger charge is -2.23. The molecule has 38 heavy (non-hydrogen) atoms. The Morgan fingerprint density at radius 3 is 2.11 bits per heavy atom. The number of sulfonamides is 1. The quantitative estimate of drug-likeness (QED) is 0.276. The minimum absolute atomic E-state index is 0.0235. The summed E-state index contributed by atoms with van der Waals surface area (Å²) in [5.74, 6) is 0.831. The summed E-state index contributed by atoms with van der Waals surface area (Å²) >= 11 is 0. The molecule has 11 heteroatoms. The van der Waals surface area contributed by atoms with Crippen molar-refractivity contribution in [2.24, 2.45) is 5.10 Å². The van der Waals surface area contributed by atoms with E-state index in [1.165, 1.54) is 40.7 Å². The zero-order valence-electron chi connectivity index (χ0n) is 21.9. The number of nitrogens with zero attached hydrogens (tertiary/aromatic N) is 2. The summed E-state index contributed by atoms with van der Waals surface area (Å²) in [6.07, 6.45) is 1.39. The van der Waals surface area contributed by atoms with Crippen molar-refractivity contribution >= 4 is 22.1 Å². The van der Waals surface area contributed by atoms with E-state index in [1.807, 2.05) is 6.07 Å². The number of hydrogen-bond acceptors (Lipinski definition) is 8. The van der Waals surface area contributed by atoms with Gasteiger partial charge in [-0.25, -0.2) is 13.8 Å². The number of carbonyl (C=O) groups excluding carboxylic acids is 1. The summed E-state index contributed by atoms with van der Waals surface area (Å²) in [5, 5.41) is 3.99. The van der Waals surface area contributed by atoms with Crippen LogP contribution < -0.4 is 24.4 Å². The number of nitrogens with one attached hydrogen (secondary N) is 1. The number of hydrazone groups is 1. The van der Waals surface area contributed by atoms with Crippen LogP contribution in [-0.2, 0) is 21.4 Å². The molecule has 0 fully saturated rings. The molecule has 0 spiro atoms. The lowest BCUT2D eigenvalue weighted by Crippen LogP contribution is -2.39. The molecule has 0 radical (unpaired) electrons. The van der Waals surface area contributed by atoms with Gasteiger partial charge in [-0.15, -0.1) is 0 Å². The molecule has 0 saturated carbocycles. The van der Waals surface area contributed by atoms with Crippen molar-refractivity contribution < 1.29 is 32.2 Å². The standard InChI is InChI=1S/C27H31N3O7S/c1-19-11-12-22(34-2)25(13-19)38(32,33)30(17-20-9-7-6-8-10-20)18-26(31)29-28-16-21-14-23(35-3)27(37-5)24(15-21)36-4/h6-16H,17-18H2,1-5H3,(H,29,31)/b28-16+. The highest BCUT2D eigenvalue weighted by Crippen LogP contribution is 2.37. The second-order valence-corrected chi connectivity index (χ2v) is 10.1. The Morgan fingerprint density at radius 2 is 1.53 bits per heavy atom. The molecule has 0 atom stereocenters. The van der Waals surface area contributed by atoms with Crippen LogP contribution in [0.5, 0.6) is 23.0 Å². The lowest BCUT2D eigenvalue weighted by atomic mass is 10.2. The topological polar surface area (TPSA) is 116 Å². The molecule has 0 bridgehead atoms. The Morgan fingerprint density at radius 1 is 0.895 bits per heavy atom. The molecule has 3 aromatic carbocycles. The Balaban J connectivity index is 1.85. The van der Waals surface area contributed by atoms with Crippen LogP contribution in [0.4, 0.5) is 0 Å². The van der Waals surface area contributed by atoms with Crippen molar-refractivity contribution in [2.75, 3.05) is 35.0 Å². The molecule has 3 aromatic rings. The molecule has 0 heterocycles. The smallest absolute Gasteiger partial charge is 0.255 e. The third kappa shape index (κ3) is 6.81. The molecule has 202 valence electrons. The summed E-state index contributed by atoms with van der Waals surface area (Å²) in [4.78, 5) is 12.8. The second-order valence-electron chi connectivity index (χ2n) is 8.16. The molecule has 0 saturated heterocycles. The van der Waals surface area contributed by atoms with Gasteiger partial charge in [0.15, 0.2) is 11.5 Å². The van der Waals surface area contributed by atoms with Gasteiger partial charge in [-0.05, 0) is 42.3 Å². The highest BCUT2D eigenvalue weighted by molar-refractivity contribution is 7.89. The molecule has 0 aliphatic heterocycles. The van der Waals surface area contributed by atoms with E-state index in [4.69, 9.17) is 18.9 Å². The van der Waals surface area contributed by atoms with E-state index in [-0.39, 0.29) is 17.2 Å². The van der Waals surface area contributed by atoms with E-state index in [0.29, 0.717) is 22.8 Å². The molecule has 0 aliphatic carbocycles. The van der Waals surface area contributed by atoms with Gasteiger partial charge >= 0.3 is 0 Å². The molecule has 3 rings (SSSR count). The van der Waals surface area contributed by atoms with E-state index in [9.17, 15) is 13.2 Å². The Labute approximate surface area is 222 Å². The van der Waals surface area contributed by atoms with Gasteiger partial charge in [0, 0.05) is 12.1 Å². The van der Waals surface area contributed by atoms with Crippen LogP contribution in [0.1, 0.15) is 16.7 Å². The first-order valence-corrected chi connectivity index (χ1v) is 13.0. The molecule has 0 aromatic heterocycles. The number of carbonyl (C=O) groups is 1. The van der Waals surface area contributed by atoms with Gasteiger partial charge < -0.3 is 18.9 Å². The highest BCUT2D eigenvalue weighted by atomic mass is 32.2. The number of ether oxygens (including phenoxy) is 4. The van der Waals surface area contributed by atoms with Gasteiger partial charge in [-0.3, -0.25) is 4.79 Å². The van der Waals surface area contributed by atoms with Gasteiger partial charge in [-0.1, -0.05) is 36.4 Å². The zero-order valence-corrected chi connectivity index (χ0v) is 22.7. The fourth-order valence-electron chi connectivity index (χ4n) is 3.69. The summed E-state index contributed by atoms with van der Waals surface area (Å²) in [7, 11) is 1.76. The van der Waals surface area contributed by atoms with Crippen molar-refractivity contribution in [3.05, 3.63) is 77.4 Å². The maximum Gasteiger partial charge on any atom is 0.255 e. The van der Waals surface area contributed by atoms with E-state index >= 15 is 0 Å². The Bertz CT molecular complexity index is 1370. The first kappa shape index (κ1) is 28.5. The molecular formula is C27H31N3O7S. The minimum atomic E-state index is -4.11. The zero-order chi connectivity index (χ0) is 27.7. The monoisotopic (exact) mass is 541 g/mol. The van der Waals surface area contributed by atoms with E-state index < -0.39 is 22.5 Å². The largest absolute Gasteiger partial charge is 0.495 e. The van der Waals surface area contributed by atoms with Gasteiger partial charge in [-0.2, -0.15) is 9.41 Å². The van der Waals surface area contributed by atoms with E-state index in [2.05, 4.69) is 10.5 Å². The molecular weight excluding hydrogens is 510 g/mol. The maximum atomic E-state index is 13.7. The number of benzene rings is 3. The summed E-state index contributed by atoms with van der Waals surface area (Å²) < 4.78 is 49.7. The van der Waals surface area contributed by atoms with Crippen molar-refractivity contribution in [1.82, 2.24) is 9.73 Å². The number of aryl methyl sites for hydroxylation is 1.